The van der Waals surface area contributed by atoms with Crippen LogP contribution in [-0.4, -0.2) is 28.8 Å². The lowest BCUT2D eigenvalue weighted by Crippen LogP contribution is -2.27. The maximum atomic E-state index is 12.9. The van der Waals surface area contributed by atoms with Crippen LogP contribution >= 0.6 is 0 Å². The number of hydrogen-bond donors (Lipinski definition) is 1. The number of aryl methyl sites for hydroxylation is 1. The Morgan fingerprint density at radius 3 is 2.81 bits per heavy atom. The molecule has 130 valence electrons. The van der Waals surface area contributed by atoms with E-state index in [2.05, 4.69) is 4.98 Å². The molecule has 1 N–H and O–H groups in total. The second-order valence-electron chi connectivity index (χ2n) is 6.39. The highest BCUT2D eigenvalue weighted by Crippen LogP contribution is 2.40. The monoisotopic (exact) mass is 347 g/mol. The molecule has 6 heteroatoms. The number of aromatic amines is 1. The van der Waals surface area contributed by atoms with E-state index in [0.29, 0.717) is 23.3 Å². The molecule has 1 aliphatic heterocycles. The first-order chi connectivity index (χ1) is 12.7. The van der Waals surface area contributed by atoms with Crippen LogP contribution in [0.25, 0.3) is 33.3 Å². The quantitative estimate of drug-likeness (QED) is 0.605. The SMILES string of the molecule is COc1cc(OC)c2c3c([nH]c2c1)-c1nc2ccccc2c(=O)n1CC3. The van der Waals surface area contributed by atoms with Crippen molar-refractivity contribution in [3.63, 3.8) is 0 Å². The van der Waals surface area contributed by atoms with Gasteiger partial charge >= 0.3 is 0 Å². The third kappa shape index (κ3) is 1.92. The molecular formula is C20H17N3O3. The van der Waals surface area contributed by atoms with Crippen molar-refractivity contribution >= 4 is 21.8 Å². The fraction of sp³-hybridized carbons (Fsp3) is 0.200. The van der Waals surface area contributed by atoms with E-state index in [0.717, 1.165) is 40.1 Å². The van der Waals surface area contributed by atoms with Gasteiger partial charge in [-0.15, -0.1) is 0 Å². The second-order valence-corrected chi connectivity index (χ2v) is 6.39. The zero-order chi connectivity index (χ0) is 17.8. The Morgan fingerprint density at radius 2 is 2.00 bits per heavy atom. The Balaban J connectivity index is 1.87. The highest BCUT2D eigenvalue weighted by molar-refractivity contribution is 5.96. The highest BCUT2D eigenvalue weighted by Gasteiger charge is 2.26. The van der Waals surface area contributed by atoms with Crippen molar-refractivity contribution in [2.24, 2.45) is 0 Å². The lowest BCUT2D eigenvalue weighted by molar-refractivity contribution is 0.398. The average Bonchev–Trinajstić information content (AvgIpc) is 3.06. The average molecular weight is 347 g/mol. The first-order valence-electron chi connectivity index (χ1n) is 8.48. The van der Waals surface area contributed by atoms with E-state index in [1.165, 1.54) is 0 Å². The van der Waals surface area contributed by atoms with E-state index in [9.17, 15) is 4.79 Å². The summed E-state index contributed by atoms with van der Waals surface area (Å²) in [7, 11) is 3.28. The number of ether oxygens (including phenoxy) is 2. The summed E-state index contributed by atoms with van der Waals surface area (Å²) in [5.74, 6) is 2.15. The predicted molar refractivity (Wildman–Crippen MR) is 100 cm³/mol. The summed E-state index contributed by atoms with van der Waals surface area (Å²) < 4.78 is 12.7. The van der Waals surface area contributed by atoms with Gasteiger partial charge in [0, 0.05) is 24.1 Å². The fourth-order valence-electron chi connectivity index (χ4n) is 3.84. The van der Waals surface area contributed by atoms with Crippen LogP contribution in [0.3, 0.4) is 0 Å². The number of rotatable bonds is 2. The number of H-pyrrole nitrogens is 1. The van der Waals surface area contributed by atoms with Crippen molar-refractivity contribution < 1.29 is 9.47 Å². The third-order valence-corrected chi connectivity index (χ3v) is 5.07. The molecule has 0 saturated carbocycles. The summed E-state index contributed by atoms with van der Waals surface area (Å²) in [6, 6.07) is 11.3. The number of hydrogen-bond acceptors (Lipinski definition) is 4. The molecule has 0 spiro atoms. The van der Waals surface area contributed by atoms with Gasteiger partial charge in [0.25, 0.3) is 5.56 Å². The summed E-state index contributed by atoms with van der Waals surface area (Å²) in [5, 5.41) is 1.67. The summed E-state index contributed by atoms with van der Waals surface area (Å²) in [6.07, 6.45) is 0.741. The Hall–Kier alpha value is -3.28. The minimum atomic E-state index is -0.000508. The van der Waals surface area contributed by atoms with Crippen LogP contribution in [0.15, 0.2) is 41.2 Å². The Morgan fingerprint density at radius 1 is 1.15 bits per heavy atom. The molecule has 0 atom stereocenters. The molecule has 2 aromatic heterocycles. The number of methoxy groups -OCH3 is 2. The van der Waals surface area contributed by atoms with Crippen LogP contribution in [0, 0.1) is 0 Å². The molecule has 6 nitrogen and oxygen atoms in total. The maximum Gasteiger partial charge on any atom is 0.261 e. The Labute approximate surface area is 149 Å². The van der Waals surface area contributed by atoms with E-state index in [-0.39, 0.29) is 5.56 Å². The minimum Gasteiger partial charge on any atom is -0.497 e. The van der Waals surface area contributed by atoms with E-state index < -0.39 is 0 Å². The van der Waals surface area contributed by atoms with Gasteiger partial charge in [0.2, 0.25) is 0 Å². The summed E-state index contributed by atoms with van der Waals surface area (Å²) in [5.41, 5.74) is 3.63. The second kappa shape index (κ2) is 5.36. The molecule has 2 aromatic carbocycles. The van der Waals surface area contributed by atoms with Crippen LogP contribution in [0.2, 0.25) is 0 Å². The van der Waals surface area contributed by atoms with Crippen molar-refractivity contribution in [3.05, 3.63) is 52.3 Å². The largest absolute Gasteiger partial charge is 0.497 e. The van der Waals surface area contributed by atoms with Crippen LogP contribution in [-0.2, 0) is 13.0 Å². The molecule has 4 aromatic rings. The molecule has 3 heterocycles. The number of benzene rings is 2. The predicted octanol–water partition coefficient (Wildman–Crippen LogP) is 3.12. The van der Waals surface area contributed by atoms with E-state index >= 15 is 0 Å². The van der Waals surface area contributed by atoms with Gasteiger partial charge in [-0.2, -0.15) is 0 Å². The number of nitrogens with one attached hydrogen (secondary N) is 1. The zero-order valence-electron chi connectivity index (χ0n) is 14.5. The van der Waals surface area contributed by atoms with Gasteiger partial charge in [0.15, 0.2) is 5.82 Å². The van der Waals surface area contributed by atoms with Crippen LogP contribution in [0.5, 0.6) is 11.5 Å². The standard InChI is InChI=1S/C20H17N3O3/c1-25-11-9-15-17(16(10-11)26-2)13-7-8-23-19(18(13)21-15)22-14-6-4-3-5-12(14)20(23)24/h3-6,9-10,21H,7-8H2,1-2H3. The Bertz CT molecular complexity index is 1240. The van der Waals surface area contributed by atoms with Gasteiger partial charge in [-0.3, -0.25) is 9.36 Å². The minimum absolute atomic E-state index is 0.000508. The molecule has 0 aliphatic carbocycles. The fourth-order valence-corrected chi connectivity index (χ4v) is 3.84. The van der Waals surface area contributed by atoms with Crippen LogP contribution in [0.4, 0.5) is 0 Å². The van der Waals surface area contributed by atoms with Gasteiger partial charge in [-0.05, 0) is 24.1 Å². The molecule has 0 saturated heterocycles. The molecule has 0 radical (unpaired) electrons. The number of fused-ring (bicyclic) bond motifs is 6. The highest BCUT2D eigenvalue weighted by atomic mass is 16.5. The lowest BCUT2D eigenvalue weighted by Gasteiger charge is -2.19. The van der Waals surface area contributed by atoms with Gasteiger partial charge in [-0.25, -0.2) is 4.98 Å². The topological polar surface area (TPSA) is 69.1 Å². The normalized spacial score (nSPS) is 12.8. The first-order valence-corrected chi connectivity index (χ1v) is 8.48. The zero-order valence-corrected chi connectivity index (χ0v) is 14.5. The summed E-state index contributed by atoms with van der Waals surface area (Å²) in [4.78, 5) is 21.1. The first kappa shape index (κ1) is 15.0. The molecule has 0 bridgehead atoms. The van der Waals surface area contributed by atoms with Crippen molar-refractivity contribution in [3.8, 4) is 23.0 Å². The number of nitrogens with zero attached hydrogens (tertiary/aromatic N) is 2. The van der Waals surface area contributed by atoms with Crippen molar-refractivity contribution in [2.75, 3.05) is 14.2 Å². The van der Waals surface area contributed by atoms with Gasteiger partial charge < -0.3 is 14.5 Å². The van der Waals surface area contributed by atoms with Crippen molar-refractivity contribution in [1.29, 1.82) is 0 Å². The molecule has 0 amide bonds. The summed E-state index contributed by atoms with van der Waals surface area (Å²) in [6.45, 7) is 0.598. The third-order valence-electron chi connectivity index (χ3n) is 5.07. The van der Waals surface area contributed by atoms with Crippen molar-refractivity contribution in [1.82, 2.24) is 14.5 Å². The van der Waals surface area contributed by atoms with E-state index in [1.807, 2.05) is 36.4 Å². The van der Waals surface area contributed by atoms with Crippen molar-refractivity contribution in [2.45, 2.75) is 13.0 Å². The Kier molecular flexibility index (Phi) is 3.09. The molecule has 0 fully saturated rings. The molecule has 26 heavy (non-hydrogen) atoms. The van der Waals surface area contributed by atoms with Crippen LogP contribution < -0.4 is 15.0 Å². The van der Waals surface area contributed by atoms with E-state index in [4.69, 9.17) is 14.5 Å². The number of aromatic nitrogens is 3. The van der Waals surface area contributed by atoms with Gasteiger partial charge in [-0.1, -0.05) is 12.1 Å². The molecule has 5 rings (SSSR count). The number of para-hydroxylation sites is 1. The maximum absolute atomic E-state index is 12.9. The van der Waals surface area contributed by atoms with Gasteiger partial charge in [0.05, 0.1) is 36.3 Å². The van der Waals surface area contributed by atoms with E-state index in [1.54, 1.807) is 18.8 Å². The van der Waals surface area contributed by atoms with Gasteiger partial charge in [0.1, 0.15) is 11.5 Å². The molecular weight excluding hydrogens is 330 g/mol. The van der Waals surface area contributed by atoms with Crippen LogP contribution in [0.1, 0.15) is 5.56 Å². The lowest BCUT2D eigenvalue weighted by atomic mass is 10.0. The smallest absolute Gasteiger partial charge is 0.261 e. The molecule has 0 unspecified atom stereocenters. The summed E-state index contributed by atoms with van der Waals surface area (Å²) >= 11 is 0. The molecule has 1 aliphatic rings.